The number of fused-ring (bicyclic) bond motifs is 1. The number of imidazole rings is 1. The Balaban J connectivity index is 2.41. The molecule has 0 spiro atoms. The summed E-state index contributed by atoms with van der Waals surface area (Å²) in [6.45, 7) is 3.98. The van der Waals surface area contributed by atoms with E-state index in [9.17, 15) is 0 Å². The van der Waals surface area contributed by atoms with Crippen LogP contribution in [0.1, 0.15) is 23.7 Å². The summed E-state index contributed by atoms with van der Waals surface area (Å²) in [5.74, 6) is 0.806. The smallest absolute Gasteiger partial charge is 0.132 e. The Morgan fingerprint density at radius 3 is 2.71 bits per heavy atom. The first-order valence-corrected chi connectivity index (χ1v) is 8.17. The molecule has 108 valence electrons. The van der Waals surface area contributed by atoms with E-state index >= 15 is 0 Å². The molecule has 21 heavy (non-hydrogen) atoms. The summed E-state index contributed by atoms with van der Waals surface area (Å²) in [6.07, 6.45) is 0. The van der Waals surface area contributed by atoms with Crippen LogP contribution in [0, 0.1) is 6.92 Å². The maximum absolute atomic E-state index is 6.33. The highest BCUT2D eigenvalue weighted by atomic mass is 79.9. The Hall–Kier alpha value is -1.03. The summed E-state index contributed by atoms with van der Waals surface area (Å²) in [6, 6.07) is 12.0. The third-order valence-electron chi connectivity index (χ3n) is 3.36. The van der Waals surface area contributed by atoms with Crippen LogP contribution < -0.4 is 0 Å². The first kappa shape index (κ1) is 14.9. The van der Waals surface area contributed by atoms with Gasteiger partial charge in [0, 0.05) is 0 Å². The minimum Gasteiger partial charge on any atom is -0.294 e. The molecule has 0 amide bonds. The molecule has 2 aromatic carbocycles. The van der Waals surface area contributed by atoms with Crippen LogP contribution in [0.3, 0.4) is 0 Å². The van der Waals surface area contributed by atoms with Crippen molar-refractivity contribution in [1.29, 1.82) is 0 Å². The molecule has 0 aliphatic heterocycles. The van der Waals surface area contributed by atoms with Crippen LogP contribution >= 0.6 is 39.1 Å². The second-order valence-corrected chi connectivity index (χ2v) is 6.84. The van der Waals surface area contributed by atoms with Crippen LogP contribution in [0.25, 0.3) is 16.7 Å². The molecule has 3 rings (SSSR count). The van der Waals surface area contributed by atoms with Crippen molar-refractivity contribution >= 4 is 50.2 Å². The topological polar surface area (TPSA) is 17.8 Å². The van der Waals surface area contributed by atoms with Gasteiger partial charge in [0.05, 0.1) is 31.6 Å². The molecule has 0 fully saturated rings. The van der Waals surface area contributed by atoms with Crippen molar-refractivity contribution in [2.75, 3.05) is 0 Å². The van der Waals surface area contributed by atoms with Crippen molar-refractivity contribution in [2.45, 2.75) is 19.2 Å². The largest absolute Gasteiger partial charge is 0.294 e. The Kier molecular flexibility index (Phi) is 4.00. The summed E-state index contributed by atoms with van der Waals surface area (Å²) in [4.78, 5) is 4.67. The number of alkyl halides is 1. The molecule has 0 N–H and O–H groups in total. The van der Waals surface area contributed by atoms with Gasteiger partial charge in [-0.05, 0) is 59.6 Å². The van der Waals surface area contributed by atoms with Gasteiger partial charge in [0.2, 0.25) is 0 Å². The van der Waals surface area contributed by atoms with Crippen LogP contribution in [-0.4, -0.2) is 9.55 Å². The van der Waals surface area contributed by atoms with Crippen molar-refractivity contribution in [3.05, 3.63) is 57.3 Å². The SMILES string of the molecule is Cc1ccc2nc(C(C)Cl)n(-c3cccc(Cl)c3Br)c2c1. The number of hydrogen-bond acceptors (Lipinski definition) is 1. The summed E-state index contributed by atoms with van der Waals surface area (Å²) in [5, 5.41) is 0.457. The van der Waals surface area contributed by atoms with Crippen molar-refractivity contribution in [2.24, 2.45) is 0 Å². The Labute approximate surface area is 141 Å². The molecule has 1 unspecified atom stereocenters. The minimum absolute atomic E-state index is 0.205. The number of aryl methyl sites for hydroxylation is 1. The first-order chi connectivity index (χ1) is 9.99. The van der Waals surface area contributed by atoms with Gasteiger partial charge in [0.1, 0.15) is 5.82 Å². The quantitative estimate of drug-likeness (QED) is 0.492. The van der Waals surface area contributed by atoms with Crippen molar-refractivity contribution < 1.29 is 0 Å². The fraction of sp³-hybridized carbons (Fsp3) is 0.188. The molecule has 3 aromatic rings. The molecule has 0 aliphatic carbocycles. The van der Waals surface area contributed by atoms with Crippen molar-refractivity contribution in [1.82, 2.24) is 9.55 Å². The summed E-state index contributed by atoms with van der Waals surface area (Å²) in [5.41, 5.74) is 4.07. The predicted octanol–water partition coefficient (Wildman–Crippen LogP) is 6.05. The molecular weight excluding hydrogens is 371 g/mol. The van der Waals surface area contributed by atoms with E-state index in [1.54, 1.807) is 0 Å². The van der Waals surface area contributed by atoms with Gasteiger partial charge in [-0.2, -0.15) is 0 Å². The molecule has 5 heteroatoms. The first-order valence-electron chi connectivity index (χ1n) is 6.56. The lowest BCUT2D eigenvalue weighted by atomic mass is 10.2. The maximum Gasteiger partial charge on any atom is 0.132 e. The lowest BCUT2D eigenvalue weighted by molar-refractivity contribution is 0.880. The third-order valence-corrected chi connectivity index (χ3v) is 4.94. The molecule has 0 saturated heterocycles. The van der Waals surface area contributed by atoms with E-state index in [-0.39, 0.29) is 5.38 Å². The van der Waals surface area contributed by atoms with Gasteiger partial charge in [-0.1, -0.05) is 23.7 Å². The lowest BCUT2D eigenvalue weighted by Crippen LogP contribution is -2.03. The predicted molar refractivity (Wildman–Crippen MR) is 92.8 cm³/mol. The molecule has 0 radical (unpaired) electrons. The zero-order chi connectivity index (χ0) is 15.1. The summed E-state index contributed by atoms with van der Waals surface area (Å²) >= 11 is 16.1. The van der Waals surface area contributed by atoms with E-state index in [1.807, 2.05) is 31.2 Å². The summed E-state index contributed by atoms with van der Waals surface area (Å²) in [7, 11) is 0. The lowest BCUT2D eigenvalue weighted by Gasteiger charge is -2.13. The average Bonchev–Trinajstić information content (AvgIpc) is 2.80. The van der Waals surface area contributed by atoms with E-state index in [0.29, 0.717) is 5.02 Å². The van der Waals surface area contributed by atoms with Crippen molar-refractivity contribution in [3.8, 4) is 5.69 Å². The number of halogens is 3. The standard InChI is InChI=1S/C16H13BrCl2N2/c1-9-6-7-12-14(8-9)21(16(20-12)10(2)18)13-5-3-4-11(19)15(13)17/h3-8,10H,1-2H3. The third kappa shape index (κ3) is 2.59. The van der Waals surface area contributed by atoms with Crippen LogP contribution in [0.5, 0.6) is 0 Å². The van der Waals surface area contributed by atoms with Crippen LogP contribution in [0.15, 0.2) is 40.9 Å². The number of hydrogen-bond donors (Lipinski definition) is 0. The number of aromatic nitrogens is 2. The van der Waals surface area contributed by atoms with Crippen molar-refractivity contribution in [3.63, 3.8) is 0 Å². The molecule has 0 aliphatic rings. The maximum atomic E-state index is 6.33. The number of nitrogens with zero attached hydrogens (tertiary/aromatic N) is 2. The van der Waals surface area contributed by atoms with Gasteiger partial charge in [-0.15, -0.1) is 11.6 Å². The average molecular weight is 384 g/mol. The van der Waals surface area contributed by atoms with E-state index in [0.717, 1.165) is 27.0 Å². The van der Waals surface area contributed by atoms with Gasteiger partial charge < -0.3 is 0 Å². The fourth-order valence-corrected chi connectivity index (χ4v) is 3.15. The van der Waals surface area contributed by atoms with E-state index in [4.69, 9.17) is 23.2 Å². The summed E-state index contributed by atoms with van der Waals surface area (Å²) < 4.78 is 2.90. The number of rotatable bonds is 2. The highest BCUT2D eigenvalue weighted by Gasteiger charge is 2.18. The Morgan fingerprint density at radius 2 is 2.00 bits per heavy atom. The van der Waals surface area contributed by atoms with E-state index in [2.05, 4.69) is 44.5 Å². The van der Waals surface area contributed by atoms with Gasteiger partial charge in [0.15, 0.2) is 0 Å². The molecule has 1 heterocycles. The zero-order valence-corrected chi connectivity index (χ0v) is 14.7. The molecule has 1 atom stereocenters. The molecule has 1 aromatic heterocycles. The second-order valence-electron chi connectivity index (χ2n) is 4.99. The second kappa shape index (κ2) is 5.64. The normalized spacial score (nSPS) is 12.8. The number of benzene rings is 2. The van der Waals surface area contributed by atoms with Crippen LogP contribution in [0.2, 0.25) is 5.02 Å². The minimum atomic E-state index is -0.205. The highest BCUT2D eigenvalue weighted by molar-refractivity contribution is 9.10. The Morgan fingerprint density at radius 1 is 1.24 bits per heavy atom. The monoisotopic (exact) mass is 382 g/mol. The fourth-order valence-electron chi connectivity index (χ4n) is 2.39. The van der Waals surface area contributed by atoms with Gasteiger partial charge in [0.25, 0.3) is 0 Å². The molecule has 0 bridgehead atoms. The molecule has 2 nitrogen and oxygen atoms in total. The zero-order valence-electron chi connectivity index (χ0n) is 11.6. The van der Waals surface area contributed by atoms with Gasteiger partial charge in [-0.3, -0.25) is 4.57 Å². The molecular formula is C16H13BrCl2N2. The van der Waals surface area contributed by atoms with Crippen LogP contribution in [0.4, 0.5) is 0 Å². The Bertz CT molecular complexity index is 825. The van der Waals surface area contributed by atoms with Crippen LogP contribution in [-0.2, 0) is 0 Å². The molecule has 0 saturated carbocycles. The van der Waals surface area contributed by atoms with Gasteiger partial charge >= 0.3 is 0 Å². The van der Waals surface area contributed by atoms with Gasteiger partial charge in [-0.25, -0.2) is 4.98 Å². The highest BCUT2D eigenvalue weighted by Crippen LogP contribution is 2.35. The van der Waals surface area contributed by atoms with E-state index < -0.39 is 0 Å². The van der Waals surface area contributed by atoms with E-state index in [1.165, 1.54) is 5.56 Å².